The molecule has 3 nitrogen and oxygen atoms in total. The van der Waals surface area contributed by atoms with Crippen LogP contribution in [0.4, 0.5) is 0 Å². The van der Waals surface area contributed by atoms with Gasteiger partial charge in [-0.25, -0.2) is 0 Å². The first-order chi connectivity index (χ1) is 11.1. The lowest BCUT2D eigenvalue weighted by Crippen LogP contribution is -2.05. The maximum atomic E-state index is 9.28. The Kier molecular flexibility index (Phi) is 6.10. The van der Waals surface area contributed by atoms with E-state index in [-0.39, 0.29) is 0 Å². The monoisotopic (exact) mass is 312 g/mol. The molecule has 2 rings (SSSR count). The zero-order valence-corrected chi connectivity index (χ0v) is 14.0. The highest BCUT2D eigenvalue weighted by atomic mass is 16.5. The van der Waals surface area contributed by atoms with Gasteiger partial charge in [0.25, 0.3) is 0 Å². The summed E-state index contributed by atoms with van der Waals surface area (Å²) in [6, 6.07) is 13.2. The molecule has 2 aromatic rings. The second kappa shape index (κ2) is 8.28. The lowest BCUT2D eigenvalue weighted by atomic mass is 10.1. The van der Waals surface area contributed by atoms with Crippen molar-refractivity contribution < 1.29 is 14.6 Å². The van der Waals surface area contributed by atoms with E-state index in [9.17, 15) is 5.11 Å². The molecule has 0 unspecified atom stereocenters. The largest absolute Gasteiger partial charge is 0.508 e. The molecular weight excluding hydrogens is 288 g/mol. The van der Waals surface area contributed by atoms with Gasteiger partial charge in [0, 0.05) is 0 Å². The highest BCUT2D eigenvalue weighted by Crippen LogP contribution is 2.29. The Bertz CT molecular complexity index is 642. The van der Waals surface area contributed by atoms with E-state index in [0.29, 0.717) is 18.3 Å². The van der Waals surface area contributed by atoms with Crippen molar-refractivity contribution in [2.45, 2.75) is 20.3 Å². The second-order valence-electron chi connectivity index (χ2n) is 5.89. The minimum absolute atomic E-state index is 0.291. The SMILES string of the molecule is COc1cc(/C=C/Cc2ccc(O)cc2)ccc1OCC(C)C. The van der Waals surface area contributed by atoms with Crippen LogP contribution in [0.15, 0.2) is 48.5 Å². The van der Waals surface area contributed by atoms with E-state index < -0.39 is 0 Å². The molecule has 0 spiro atoms. The van der Waals surface area contributed by atoms with Gasteiger partial charge in [-0.3, -0.25) is 0 Å². The molecule has 0 aliphatic carbocycles. The molecule has 0 bridgehead atoms. The van der Waals surface area contributed by atoms with Crippen molar-refractivity contribution in [3.05, 3.63) is 59.7 Å². The Morgan fingerprint density at radius 3 is 2.43 bits per heavy atom. The van der Waals surface area contributed by atoms with Gasteiger partial charge in [0.15, 0.2) is 11.5 Å². The van der Waals surface area contributed by atoms with E-state index in [4.69, 9.17) is 9.47 Å². The summed E-state index contributed by atoms with van der Waals surface area (Å²) in [7, 11) is 1.65. The predicted molar refractivity (Wildman–Crippen MR) is 94.2 cm³/mol. The second-order valence-corrected chi connectivity index (χ2v) is 5.89. The average Bonchev–Trinajstić information content (AvgIpc) is 2.55. The Morgan fingerprint density at radius 1 is 1.04 bits per heavy atom. The molecule has 0 aliphatic rings. The minimum atomic E-state index is 0.291. The fourth-order valence-electron chi connectivity index (χ4n) is 2.13. The van der Waals surface area contributed by atoms with Gasteiger partial charge >= 0.3 is 0 Å². The predicted octanol–water partition coefficient (Wildman–Crippen LogP) is 4.69. The smallest absolute Gasteiger partial charge is 0.161 e. The van der Waals surface area contributed by atoms with Crippen LogP contribution in [0.25, 0.3) is 6.08 Å². The molecule has 0 amide bonds. The molecule has 0 atom stereocenters. The molecule has 2 aromatic carbocycles. The van der Waals surface area contributed by atoms with Crippen LogP contribution in [0.5, 0.6) is 17.2 Å². The van der Waals surface area contributed by atoms with Gasteiger partial charge in [-0.1, -0.05) is 44.2 Å². The van der Waals surface area contributed by atoms with Crippen molar-refractivity contribution in [1.82, 2.24) is 0 Å². The maximum Gasteiger partial charge on any atom is 0.161 e. The lowest BCUT2D eigenvalue weighted by Gasteiger charge is -2.12. The fourth-order valence-corrected chi connectivity index (χ4v) is 2.13. The Hall–Kier alpha value is -2.42. The van der Waals surface area contributed by atoms with Crippen LogP contribution in [-0.4, -0.2) is 18.8 Å². The third-order valence-corrected chi connectivity index (χ3v) is 3.36. The highest BCUT2D eigenvalue weighted by Gasteiger charge is 2.05. The van der Waals surface area contributed by atoms with E-state index in [1.807, 2.05) is 30.3 Å². The van der Waals surface area contributed by atoms with Crippen molar-refractivity contribution in [2.24, 2.45) is 5.92 Å². The van der Waals surface area contributed by atoms with Crippen molar-refractivity contribution in [3.63, 3.8) is 0 Å². The average molecular weight is 312 g/mol. The molecule has 1 N–H and O–H groups in total. The summed E-state index contributed by atoms with van der Waals surface area (Å²) in [5, 5.41) is 9.28. The highest BCUT2D eigenvalue weighted by molar-refractivity contribution is 5.56. The number of allylic oxidation sites excluding steroid dienone is 1. The normalized spacial score (nSPS) is 11.1. The van der Waals surface area contributed by atoms with Crippen LogP contribution in [0, 0.1) is 5.92 Å². The number of phenols is 1. The molecule has 23 heavy (non-hydrogen) atoms. The van der Waals surface area contributed by atoms with Gasteiger partial charge in [-0.05, 0) is 47.7 Å². The van der Waals surface area contributed by atoms with Gasteiger partial charge in [0.05, 0.1) is 13.7 Å². The van der Waals surface area contributed by atoms with Crippen LogP contribution in [0.2, 0.25) is 0 Å². The van der Waals surface area contributed by atoms with Crippen LogP contribution in [0.3, 0.4) is 0 Å². The Labute approximate surface area is 138 Å². The standard InChI is InChI=1S/C20H24O3/c1-15(2)14-23-19-12-9-17(13-20(19)22-3)6-4-5-16-7-10-18(21)11-8-16/h4,6-13,15,21H,5,14H2,1-3H3/b6-4+. The molecule has 122 valence electrons. The molecule has 0 aromatic heterocycles. The van der Waals surface area contributed by atoms with Crippen LogP contribution >= 0.6 is 0 Å². The van der Waals surface area contributed by atoms with E-state index >= 15 is 0 Å². The molecular formula is C20H24O3. The van der Waals surface area contributed by atoms with E-state index in [1.165, 1.54) is 0 Å². The molecule has 3 heteroatoms. The Balaban J connectivity index is 2.02. The van der Waals surface area contributed by atoms with E-state index in [1.54, 1.807) is 19.2 Å². The first kappa shape index (κ1) is 16.9. The fraction of sp³-hybridized carbons (Fsp3) is 0.300. The summed E-state index contributed by atoms with van der Waals surface area (Å²) in [6.07, 6.45) is 4.96. The number of methoxy groups -OCH3 is 1. The number of ether oxygens (including phenoxy) is 2. The summed E-state index contributed by atoms with van der Waals surface area (Å²) in [5.41, 5.74) is 2.22. The minimum Gasteiger partial charge on any atom is -0.508 e. The van der Waals surface area contributed by atoms with Crippen LogP contribution < -0.4 is 9.47 Å². The topological polar surface area (TPSA) is 38.7 Å². The number of phenolic OH excluding ortho intramolecular Hbond substituents is 1. The Morgan fingerprint density at radius 2 is 1.78 bits per heavy atom. The summed E-state index contributed by atoms with van der Waals surface area (Å²) in [5.74, 6) is 2.29. The third-order valence-electron chi connectivity index (χ3n) is 3.36. The summed E-state index contributed by atoms with van der Waals surface area (Å²) in [4.78, 5) is 0. The molecule has 0 heterocycles. The zero-order valence-electron chi connectivity index (χ0n) is 14.0. The number of hydrogen-bond donors (Lipinski definition) is 1. The van der Waals surface area contributed by atoms with Crippen molar-refractivity contribution in [3.8, 4) is 17.2 Å². The summed E-state index contributed by atoms with van der Waals surface area (Å²) >= 11 is 0. The van der Waals surface area contributed by atoms with Gasteiger partial charge in [0.2, 0.25) is 0 Å². The number of hydrogen-bond acceptors (Lipinski definition) is 3. The molecule has 0 saturated carbocycles. The summed E-state index contributed by atoms with van der Waals surface area (Å²) in [6.45, 7) is 4.91. The molecule has 0 fully saturated rings. The zero-order chi connectivity index (χ0) is 16.7. The van der Waals surface area contributed by atoms with Gasteiger partial charge < -0.3 is 14.6 Å². The quantitative estimate of drug-likeness (QED) is 0.806. The van der Waals surface area contributed by atoms with Gasteiger partial charge in [0.1, 0.15) is 5.75 Å². The number of benzene rings is 2. The first-order valence-corrected chi connectivity index (χ1v) is 7.83. The van der Waals surface area contributed by atoms with Crippen LogP contribution in [0.1, 0.15) is 25.0 Å². The number of aromatic hydroxyl groups is 1. The van der Waals surface area contributed by atoms with Gasteiger partial charge in [-0.2, -0.15) is 0 Å². The van der Waals surface area contributed by atoms with Gasteiger partial charge in [-0.15, -0.1) is 0 Å². The molecule has 0 saturated heterocycles. The van der Waals surface area contributed by atoms with Crippen molar-refractivity contribution >= 4 is 6.08 Å². The van der Waals surface area contributed by atoms with E-state index in [0.717, 1.165) is 29.0 Å². The van der Waals surface area contributed by atoms with E-state index in [2.05, 4.69) is 26.0 Å². The first-order valence-electron chi connectivity index (χ1n) is 7.83. The maximum absolute atomic E-state index is 9.28. The van der Waals surface area contributed by atoms with Crippen molar-refractivity contribution in [2.75, 3.05) is 13.7 Å². The third kappa shape index (κ3) is 5.37. The lowest BCUT2D eigenvalue weighted by molar-refractivity contribution is 0.257. The molecule has 0 radical (unpaired) electrons. The van der Waals surface area contributed by atoms with Crippen molar-refractivity contribution in [1.29, 1.82) is 0 Å². The summed E-state index contributed by atoms with van der Waals surface area (Å²) < 4.78 is 11.2. The van der Waals surface area contributed by atoms with Crippen LogP contribution in [-0.2, 0) is 6.42 Å². The molecule has 0 aliphatic heterocycles. The number of rotatable bonds is 7.